The largest absolute Gasteiger partial charge is 0.496 e. The molecular weight excluding hydrogens is 604 g/mol. The number of ether oxygens (including phenoxy) is 2. The summed E-state index contributed by atoms with van der Waals surface area (Å²) in [5.74, 6) is 1.12. The predicted molar refractivity (Wildman–Crippen MR) is 155 cm³/mol. The molecule has 4 aromatic rings. The lowest BCUT2D eigenvalue weighted by atomic mass is 9.95. The molecule has 0 saturated carbocycles. The Morgan fingerprint density at radius 2 is 2.00 bits per heavy atom. The standard InChI is InChI=1S/C29H24BrClN2O5S/c1-15(2)37-28(35)25-16(3)32-29-33(26(25)21-13-18(30)8-10-23(21)36-4)27(34)24(39-29)14-20-9-11-22(38-20)17-6-5-7-19(31)12-17/h5-15,26H,1-4H3/b24-14-/t26-/m1/s1. The topological polar surface area (TPSA) is 83.0 Å². The van der Waals surface area contributed by atoms with Crippen LogP contribution < -0.4 is 19.6 Å². The first-order valence-electron chi connectivity index (χ1n) is 12.1. The zero-order chi connectivity index (χ0) is 27.8. The molecule has 1 aliphatic heterocycles. The van der Waals surface area contributed by atoms with Crippen molar-refractivity contribution in [3.8, 4) is 17.1 Å². The summed E-state index contributed by atoms with van der Waals surface area (Å²) in [6.07, 6.45) is 1.33. The van der Waals surface area contributed by atoms with Gasteiger partial charge in [0.15, 0.2) is 4.80 Å². The number of halogens is 2. The Bertz CT molecular complexity index is 1800. The Morgan fingerprint density at radius 3 is 2.72 bits per heavy atom. The minimum absolute atomic E-state index is 0.278. The molecule has 0 saturated heterocycles. The number of hydrogen-bond acceptors (Lipinski definition) is 7. The summed E-state index contributed by atoms with van der Waals surface area (Å²) in [5.41, 5.74) is 1.90. The highest BCUT2D eigenvalue weighted by molar-refractivity contribution is 9.10. The lowest BCUT2D eigenvalue weighted by molar-refractivity contribution is -0.143. The molecule has 3 heterocycles. The van der Waals surface area contributed by atoms with Crippen LogP contribution in [0, 0.1) is 0 Å². The van der Waals surface area contributed by atoms with Gasteiger partial charge in [0.1, 0.15) is 23.3 Å². The Kier molecular flexibility index (Phi) is 7.66. The van der Waals surface area contributed by atoms with Gasteiger partial charge in [0.2, 0.25) is 0 Å². The number of methoxy groups -OCH3 is 1. The van der Waals surface area contributed by atoms with Crippen molar-refractivity contribution in [1.29, 1.82) is 0 Å². The summed E-state index contributed by atoms with van der Waals surface area (Å²) in [5, 5.41) is 0.601. The monoisotopic (exact) mass is 626 g/mol. The van der Waals surface area contributed by atoms with Gasteiger partial charge in [-0.1, -0.05) is 51.0 Å². The second-order valence-electron chi connectivity index (χ2n) is 9.13. The number of rotatable bonds is 6. The molecule has 0 N–H and O–H groups in total. The van der Waals surface area contributed by atoms with E-state index < -0.39 is 12.0 Å². The number of esters is 1. The van der Waals surface area contributed by atoms with E-state index in [9.17, 15) is 9.59 Å². The summed E-state index contributed by atoms with van der Waals surface area (Å²) in [6, 6.07) is 15.6. The molecule has 1 atom stereocenters. The van der Waals surface area contributed by atoms with E-state index in [1.54, 1.807) is 52.2 Å². The lowest BCUT2D eigenvalue weighted by Gasteiger charge is -2.26. The van der Waals surface area contributed by atoms with Gasteiger partial charge in [-0.2, -0.15) is 0 Å². The van der Waals surface area contributed by atoms with Crippen molar-refractivity contribution in [1.82, 2.24) is 4.57 Å². The minimum Gasteiger partial charge on any atom is -0.496 e. The maximum atomic E-state index is 13.9. The first-order chi connectivity index (χ1) is 18.7. The zero-order valence-corrected chi connectivity index (χ0v) is 24.7. The Balaban J connectivity index is 1.68. The number of nitrogens with zero attached hydrogens (tertiary/aromatic N) is 2. The van der Waals surface area contributed by atoms with Crippen molar-refractivity contribution in [2.45, 2.75) is 32.9 Å². The first-order valence-corrected chi connectivity index (χ1v) is 14.1. The number of fused-ring (bicyclic) bond motifs is 1. The van der Waals surface area contributed by atoms with E-state index in [1.807, 2.05) is 36.4 Å². The minimum atomic E-state index is -0.805. The molecule has 39 heavy (non-hydrogen) atoms. The predicted octanol–water partition coefficient (Wildman–Crippen LogP) is 5.87. The Hall–Kier alpha value is -3.40. The van der Waals surface area contributed by atoms with Crippen molar-refractivity contribution in [2.24, 2.45) is 4.99 Å². The van der Waals surface area contributed by atoms with Crippen molar-refractivity contribution in [3.05, 3.63) is 106 Å². The quantitative estimate of drug-likeness (QED) is 0.250. The van der Waals surface area contributed by atoms with E-state index in [2.05, 4.69) is 20.9 Å². The van der Waals surface area contributed by atoms with Gasteiger partial charge in [0.25, 0.3) is 5.56 Å². The molecule has 0 aliphatic carbocycles. The normalized spacial score (nSPS) is 15.4. The van der Waals surface area contributed by atoms with E-state index in [1.165, 1.54) is 15.9 Å². The first kappa shape index (κ1) is 27.2. The number of benzene rings is 2. The van der Waals surface area contributed by atoms with E-state index in [0.29, 0.717) is 42.9 Å². The summed E-state index contributed by atoms with van der Waals surface area (Å²) in [4.78, 5) is 32.3. The molecule has 0 bridgehead atoms. The molecule has 5 rings (SSSR count). The summed E-state index contributed by atoms with van der Waals surface area (Å²) in [6.45, 7) is 5.30. The number of thiazole rings is 1. The van der Waals surface area contributed by atoms with Gasteiger partial charge >= 0.3 is 5.97 Å². The van der Waals surface area contributed by atoms with Gasteiger partial charge in [-0.15, -0.1) is 0 Å². The van der Waals surface area contributed by atoms with Crippen molar-refractivity contribution < 1.29 is 18.7 Å². The number of aromatic nitrogens is 1. The summed E-state index contributed by atoms with van der Waals surface area (Å²) in [7, 11) is 1.55. The lowest BCUT2D eigenvalue weighted by Crippen LogP contribution is -2.40. The van der Waals surface area contributed by atoms with E-state index in [4.69, 9.17) is 25.5 Å². The fourth-order valence-corrected chi connectivity index (χ4v) is 6.03. The van der Waals surface area contributed by atoms with Crippen LogP contribution >= 0.6 is 38.9 Å². The number of allylic oxidation sites excluding steroid dienone is 1. The highest BCUT2D eigenvalue weighted by Crippen LogP contribution is 2.37. The fourth-order valence-electron chi connectivity index (χ4n) is 4.43. The maximum Gasteiger partial charge on any atom is 0.338 e. The van der Waals surface area contributed by atoms with E-state index >= 15 is 0 Å². The Labute approximate surface area is 241 Å². The average molecular weight is 628 g/mol. The third kappa shape index (κ3) is 5.39. The van der Waals surface area contributed by atoms with Crippen LogP contribution in [0.3, 0.4) is 0 Å². The average Bonchev–Trinajstić information content (AvgIpc) is 3.47. The Morgan fingerprint density at radius 1 is 1.21 bits per heavy atom. The molecule has 0 amide bonds. The highest BCUT2D eigenvalue weighted by atomic mass is 79.9. The molecule has 0 fully saturated rings. The van der Waals surface area contributed by atoms with Crippen LogP contribution in [0.4, 0.5) is 0 Å². The molecule has 10 heteroatoms. The van der Waals surface area contributed by atoms with Crippen LogP contribution in [0.5, 0.6) is 5.75 Å². The summed E-state index contributed by atoms with van der Waals surface area (Å²) < 4.78 is 19.9. The second-order valence-corrected chi connectivity index (χ2v) is 11.5. The number of furan rings is 1. The van der Waals surface area contributed by atoms with Crippen LogP contribution in [0.1, 0.15) is 38.1 Å². The third-order valence-electron chi connectivity index (χ3n) is 6.08. The molecule has 2 aromatic heterocycles. The van der Waals surface area contributed by atoms with Crippen molar-refractivity contribution in [2.75, 3.05) is 7.11 Å². The van der Waals surface area contributed by atoms with Crippen LogP contribution in [0.2, 0.25) is 5.02 Å². The van der Waals surface area contributed by atoms with Crippen molar-refractivity contribution >= 4 is 50.9 Å². The molecular formula is C29H24BrClN2O5S. The fraction of sp³-hybridized carbons (Fsp3) is 0.207. The summed E-state index contributed by atoms with van der Waals surface area (Å²) >= 11 is 10.9. The molecule has 0 spiro atoms. The van der Waals surface area contributed by atoms with Gasteiger partial charge in [0, 0.05) is 26.7 Å². The van der Waals surface area contributed by atoms with Crippen LogP contribution in [0.15, 0.2) is 84.5 Å². The van der Waals surface area contributed by atoms with E-state index in [0.717, 1.165) is 10.0 Å². The second kappa shape index (κ2) is 11.0. The van der Waals surface area contributed by atoms with Gasteiger partial charge < -0.3 is 13.9 Å². The maximum absolute atomic E-state index is 13.9. The van der Waals surface area contributed by atoms with E-state index in [-0.39, 0.29) is 17.2 Å². The smallest absolute Gasteiger partial charge is 0.338 e. The molecule has 7 nitrogen and oxygen atoms in total. The van der Waals surface area contributed by atoms with Crippen LogP contribution in [-0.4, -0.2) is 23.8 Å². The molecule has 2 aromatic carbocycles. The molecule has 200 valence electrons. The third-order valence-corrected chi connectivity index (χ3v) is 7.79. The van der Waals surface area contributed by atoms with Gasteiger partial charge in [-0.3, -0.25) is 9.36 Å². The molecule has 0 radical (unpaired) electrons. The number of carbonyl (C=O) groups excluding carboxylic acids is 1. The molecule has 1 aliphatic rings. The van der Waals surface area contributed by atoms with Gasteiger partial charge in [-0.25, -0.2) is 9.79 Å². The van der Waals surface area contributed by atoms with Gasteiger partial charge in [0.05, 0.1) is 29.0 Å². The van der Waals surface area contributed by atoms with Crippen molar-refractivity contribution in [3.63, 3.8) is 0 Å². The number of hydrogen-bond donors (Lipinski definition) is 0. The highest BCUT2D eigenvalue weighted by Gasteiger charge is 2.35. The van der Waals surface area contributed by atoms with Crippen LogP contribution in [-0.2, 0) is 9.53 Å². The number of carbonyl (C=O) groups is 1. The van der Waals surface area contributed by atoms with Crippen LogP contribution in [0.25, 0.3) is 17.4 Å². The SMILES string of the molecule is COc1ccc(Br)cc1[C@@H]1C(C(=O)OC(C)C)=C(C)N=c2s/c(=C\c3ccc(-c4cccc(Cl)c4)o3)c(=O)n21. The van der Waals surface area contributed by atoms with Gasteiger partial charge in [-0.05, 0) is 63.2 Å². The zero-order valence-electron chi connectivity index (χ0n) is 21.5. The molecule has 0 unspecified atom stereocenters.